The second-order valence-corrected chi connectivity index (χ2v) is 8.02. The Morgan fingerprint density at radius 1 is 0.786 bits per heavy atom. The van der Waals surface area contributed by atoms with Gasteiger partial charge in [-0.15, -0.1) is 0 Å². The summed E-state index contributed by atoms with van der Waals surface area (Å²) in [6.45, 7) is 8.75. The molecule has 0 spiro atoms. The van der Waals surface area contributed by atoms with Crippen molar-refractivity contribution in [1.29, 1.82) is 0 Å². The molecule has 0 fully saturated rings. The zero-order valence-corrected chi connectivity index (χ0v) is 18.5. The second-order valence-electron chi connectivity index (χ2n) is 8.02. The van der Waals surface area contributed by atoms with Crippen molar-refractivity contribution >= 4 is 5.69 Å². The molecule has 0 N–H and O–H groups in total. The first-order valence-corrected chi connectivity index (χ1v) is 11.1. The Hall–Kier alpha value is -1.96. The predicted molar refractivity (Wildman–Crippen MR) is 123 cm³/mol. The van der Waals surface area contributed by atoms with Gasteiger partial charge in [0.15, 0.2) is 0 Å². The summed E-state index contributed by atoms with van der Waals surface area (Å²) in [7, 11) is 1.73. The number of ether oxygens (including phenoxy) is 1. The monoisotopic (exact) mass is 381 g/mol. The van der Waals surface area contributed by atoms with Crippen molar-refractivity contribution in [3.63, 3.8) is 0 Å². The third-order valence-corrected chi connectivity index (χ3v) is 5.58. The quantitative estimate of drug-likeness (QED) is 0.334. The molecule has 0 aromatic heterocycles. The van der Waals surface area contributed by atoms with Gasteiger partial charge in [-0.3, -0.25) is 0 Å². The molecule has 0 aliphatic heterocycles. The van der Waals surface area contributed by atoms with Gasteiger partial charge < -0.3 is 9.64 Å². The van der Waals surface area contributed by atoms with Gasteiger partial charge in [0.05, 0.1) is 7.11 Å². The minimum absolute atomic E-state index is 0.919. The lowest BCUT2D eigenvalue weighted by molar-refractivity contribution is 0.415. The SMILES string of the molecule is CCCCCCCCCCN(Cc1ccc(C)cc1C)c1ccc(OC)cc1. The summed E-state index contributed by atoms with van der Waals surface area (Å²) in [6, 6.07) is 15.3. The van der Waals surface area contributed by atoms with Crippen LogP contribution in [-0.2, 0) is 6.54 Å². The largest absolute Gasteiger partial charge is 0.497 e. The molecule has 2 heteroatoms. The highest BCUT2D eigenvalue weighted by molar-refractivity contribution is 5.50. The lowest BCUT2D eigenvalue weighted by atomic mass is 10.0. The molecule has 0 aliphatic carbocycles. The first-order valence-electron chi connectivity index (χ1n) is 11.1. The first-order chi connectivity index (χ1) is 13.6. The van der Waals surface area contributed by atoms with Gasteiger partial charge in [-0.25, -0.2) is 0 Å². The van der Waals surface area contributed by atoms with Crippen LogP contribution in [0.3, 0.4) is 0 Å². The van der Waals surface area contributed by atoms with Crippen LogP contribution < -0.4 is 9.64 Å². The fraction of sp³-hybridized carbons (Fsp3) is 0.538. The van der Waals surface area contributed by atoms with Crippen LogP contribution in [0.15, 0.2) is 42.5 Å². The van der Waals surface area contributed by atoms with E-state index in [0.29, 0.717) is 0 Å². The standard InChI is InChI=1S/C26H39NO/c1-5-6-7-8-9-10-11-12-19-27(25-15-17-26(28-4)18-16-25)21-24-14-13-22(2)20-23(24)3/h13-18,20H,5-12,19,21H2,1-4H3. The number of hydrogen-bond acceptors (Lipinski definition) is 2. The van der Waals surface area contributed by atoms with Gasteiger partial charge in [0, 0.05) is 18.8 Å². The normalized spacial score (nSPS) is 10.9. The van der Waals surface area contributed by atoms with Crippen LogP contribution in [0.1, 0.15) is 75.0 Å². The first kappa shape index (κ1) is 22.3. The molecule has 0 saturated carbocycles. The molecule has 2 rings (SSSR count). The average molecular weight is 382 g/mol. The van der Waals surface area contributed by atoms with Crippen molar-refractivity contribution in [2.24, 2.45) is 0 Å². The third-order valence-electron chi connectivity index (χ3n) is 5.58. The van der Waals surface area contributed by atoms with E-state index in [9.17, 15) is 0 Å². The number of benzene rings is 2. The van der Waals surface area contributed by atoms with E-state index in [0.717, 1.165) is 18.8 Å². The van der Waals surface area contributed by atoms with E-state index >= 15 is 0 Å². The van der Waals surface area contributed by atoms with Crippen LogP contribution in [0.25, 0.3) is 0 Å². The number of anilines is 1. The van der Waals surface area contributed by atoms with Gasteiger partial charge in [-0.1, -0.05) is 75.6 Å². The van der Waals surface area contributed by atoms with Crippen LogP contribution in [-0.4, -0.2) is 13.7 Å². The molecule has 0 aliphatic rings. The highest BCUT2D eigenvalue weighted by Gasteiger charge is 2.10. The summed E-state index contributed by atoms with van der Waals surface area (Å²) in [6.07, 6.45) is 10.9. The van der Waals surface area contributed by atoms with E-state index in [1.54, 1.807) is 7.11 Å². The van der Waals surface area contributed by atoms with E-state index in [-0.39, 0.29) is 0 Å². The number of aryl methyl sites for hydroxylation is 2. The summed E-state index contributed by atoms with van der Waals surface area (Å²) < 4.78 is 5.33. The van der Waals surface area contributed by atoms with E-state index in [2.05, 4.69) is 68.1 Å². The maximum atomic E-state index is 5.33. The number of nitrogens with zero attached hydrogens (tertiary/aromatic N) is 1. The Bertz CT molecular complexity index is 677. The average Bonchev–Trinajstić information content (AvgIpc) is 2.71. The zero-order chi connectivity index (χ0) is 20.2. The molecule has 28 heavy (non-hydrogen) atoms. The van der Waals surface area contributed by atoms with Gasteiger partial charge in [0.1, 0.15) is 5.75 Å². The molecule has 0 heterocycles. The Morgan fingerprint density at radius 2 is 1.43 bits per heavy atom. The molecular weight excluding hydrogens is 342 g/mol. The maximum Gasteiger partial charge on any atom is 0.119 e. The molecule has 0 radical (unpaired) electrons. The highest BCUT2D eigenvalue weighted by Crippen LogP contribution is 2.23. The highest BCUT2D eigenvalue weighted by atomic mass is 16.5. The van der Waals surface area contributed by atoms with Crippen molar-refractivity contribution in [2.45, 2.75) is 78.7 Å². The van der Waals surface area contributed by atoms with E-state index in [1.807, 2.05) is 0 Å². The molecule has 154 valence electrons. The van der Waals surface area contributed by atoms with Gasteiger partial charge in [-0.05, 0) is 55.7 Å². The van der Waals surface area contributed by atoms with Crippen LogP contribution in [0.5, 0.6) is 5.75 Å². The fourth-order valence-corrected chi connectivity index (χ4v) is 3.76. The molecule has 0 amide bonds. The van der Waals surface area contributed by atoms with Crippen LogP contribution in [0.4, 0.5) is 5.69 Å². The van der Waals surface area contributed by atoms with Crippen molar-refractivity contribution in [1.82, 2.24) is 0 Å². The Kier molecular flexibility index (Phi) is 9.96. The fourth-order valence-electron chi connectivity index (χ4n) is 3.76. The minimum atomic E-state index is 0.919. The van der Waals surface area contributed by atoms with Gasteiger partial charge in [-0.2, -0.15) is 0 Å². The van der Waals surface area contributed by atoms with Crippen molar-refractivity contribution in [2.75, 3.05) is 18.6 Å². The second kappa shape index (κ2) is 12.5. The van der Waals surface area contributed by atoms with Crippen LogP contribution in [0.2, 0.25) is 0 Å². The van der Waals surface area contributed by atoms with Crippen LogP contribution >= 0.6 is 0 Å². The number of rotatable bonds is 13. The molecule has 2 aromatic rings. The summed E-state index contributed by atoms with van der Waals surface area (Å²) in [5.41, 5.74) is 5.42. The van der Waals surface area contributed by atoms with E-state index in [4.69, 9.17) is 4.74 Å². The summed E-state index contributed by atoms with van der Waals surface area (Å²) in [5, 5.41) is 0. The summed E-state index contributed by atoms with van der Waals surface area (Å²) in [4.78, 5) is 2.52. The van der Waals surface area contributed by atoms with E-state index < -0.39 is 0 Å². The third kappa shape index (κ3) is 7.58. The predicted octanol–water partition coefficient (Wildman–Crippen LogP) is 7.46. The topological polar surface area (TPSA) is 12.5 Å². The molecular formula is C26H39NO. The minimum Gasteiger partial charge on any atom is -0.497 e. The van der Waals surface area contributed by atoms with Crippen molar-refractivity contribution in [3.05, 3.63) is 59.2 Å². The number of hydrogen-bond donors (Lipinski definition) is 0. The van der Waals surface area contributed by atoms with Crippen molar-refractivity contribution < 1.29 is 4.74 Å². The molecule has 0 bridgehead atoms. The number of unbranched alkanes of at least 4 members (excludes halogenated alkanes) is 7. The lowest BCUT2D eigenvalue weighted by Crippen LogP contribution is -2.24. The lowest BCUT2D eigenvalue weighted by Gasteiger charge is -2.26. The molecule has 0 saturated heterocycles. The Labute approximate surface area is 172 Å². The molecule has 0 unspecified atom stereocenters. The smallest absolute Gasteiger partial charge is 0.119 e. The Balaban J connectivity index is 1.94. The molecule has 2 nitrogen and oxygen atoms in total. The van der Waals surface area contributed by atoms with Gasteiger partial charge >= 0.3 is 0 Å². The number of methoxy groups -OCH3 is 1. The molecule has 0 atom stereocenters. The maximum absolute atomic E-state index is 5.33. The molecule has 2 aromatic carbocycles. The van der Waals surface area contributed by atoms with Gasteiger partial charge in [0.2, 0.25) is 0 Å². The van der Waals surface area contributed by atoms with Crippen LogP contribution in [0, 0.1) is 13.8 Å². The van der Waals surface area contributed by atoms with Gasteiger partial charge in [0.25, 0.3) is 0 Å². The van der Waals surface area contributed by atoms with E-state index in [1.165, 1.54) is 73.7 Å². The summed E-state index contributed by atoms with van der Waals surface area (Å²) >= 11 is 0. The Morgan fingerprint density at radius 3 is 2.04 bits per heavy atom. The van der Waals surface area contributed by atoms with Crippen molar-refractivity contribution in [3.8, 4) is 5.75 Å². The zero-order valence-electron chi connectivity index (χ0n) is 18.5. The summed E-state index contributed by atoms with van der Waals surface area (Å²) in [5.74, 6) is 0.919.